The molecule has 0 bridgehead atoms. The van der Waals surface area contributed by atoms with Crippen LogP contribution in [0.3, 0.4) is 0 Å². The average molecular weight is 620 g/mol. The summed E-state index contributed by atoms with van der Waals surface area (Å²) in [6.45, 7) is 7.81. The highest BCUT2D eigenvalue weighted by atomic mass is 32.2. The van der Waals surface area contributed by atoms with E-state index in [-0.39, 0.29) is 23.4 Å². The zero-order valence-electron chi connectivity index (χ0n) is 26.3. The first kappa shape index (κ1) is 33.1. The zero-order chi connectivity index (χ0) is 31.7. The van der Waals surface area contributed by atoms with Gasteiger partial charge < -0.3 is 15.0 Å². The van der Waals surface area contributed by atoms with Gasteiger partial charge in [0.15, 0.2) is 0 Å². The van der Waals surface area contributed by atoms with Gasteiger partial charge in [-0.15, -0.1) is 0 Å². The van der Waals surface area contributed by atoms with E-state index in [0.29, 0.717) is 24.5 Å². The van der Waals surface area contributed by atoms with Gasteiger partial charge in [0.05, 0.1) is 17.2 Å². The van der Waals surface area contributed by atoms with Crippen LogP contribution in [0.15, 0.2) is 77.7 Å². The van der Waals surface area contributed by atoms with Crippen LogP contribution in [0.25, 0.3) is 0 Å². The number of carbonyl (C=O) groups excluding carboxylic acids is 2. The molecule has 0 heterocycles. The van der Waals surface area contributed by atoms with E-state index in [4.69, 9.17) is 4.74 Å². The lowest BCUT2D eigenvalue weighted by atomic mass is 9.95. The number of hydrogen-bond acceptors (Lipinski definition) is 5. The van der Waals surface area contributed by atoms with E-state index in [1.807, 2.05) is 52.0 Å². The van der Waals surface area contributed by atoms with Crippen LogP contribution in [0.5, 0.6) is 5.75 Å². The van der Waals surface area contributed by atoms with E-state index >= 15 is 0 Å². The number of anilines is 1. The molecule has 1 saturated carbocycles. The minimum absolute atomic E-state index is 0.0805. The number of carbonyl (C=O) groups is 2. The van der Waals surface area contributed by atoms with Crippen molar-refractivity contribution >= 4 is 27.5 Å². The molecule has 1 N–H and O–H groups in total. The number of ether oxygens (including phenoxy) is 1. The summed E-state index contributed by atoms with van der Waals surface area (Å²) < 4.78 is 34.9. The highest BCUT2D eigenvalue weighted by Gasteiger charge is 2.34. The molecule has 0 saturated heterocycles. The van der Waals surface area contributed by atoms with Gasteiger partial charge in [-0.05, 0) is 82.0 Å². The maximum Gasteiger partial charge on any atom is 0.264 e. The molecule has 3 aromatic rings. The van der Waals surface area contributed by atoms with E-state index in [9.17, 15) is 18.0 Å². The first-order chi connectivity index (χ1) is 21.1. The minimum Gasteiger partial charge on any atom is -0.494 e. The van der Waals surface area contributed by atoms with Crippen LogP contribution >= 0.6 is 0 Å². The lowest BCUT2D eigenvalue weighted by molar-refractivity contribution is -0.140. The third-order valence-corrected chi connectivity index (χ3v) is 9.92. The molecule has 0 aliphatic heterocycles. The molecule has 1 aliphatic rings. The third kappa shape index (κ3) is 8.40. The molecule has 1 unspecified atom stereocenters. The zero-order valence-corrected chi connectivity index (χ0v) is 27.1. The monoisotopic (exact) mass is 619 g/mol. The molecule has 0 radical (unpaired) electrons. The lowest BCUT2D eigenvalue weighted by Crippen LogP contribution is -2.54. The van der Waals surface area contributed by atoms with Gasteiger partial charge in [-0.25, -0.2) is 8.42 Å². The molecule has 1 fully saturated rings. The van der Waals surface area contributed by atoms with Crippen molar-refractivity contribution in [2.45, 2.75) is 89.7 Å². The number of nitrogens with zero attached hydrogens (tertiary/aromatic N) is 2. The molecule has 8 nitrogen and oxygen atoms in total. The van der Waals surface area contributed by atoms with Crippen molar-refractivity contribution in [3.05, 3.63) is 89.5 Å². The summed E-state index contributed by atoms with van der Waals surface area (Å²) in [5, 5.41) is 3.19. The van der Waals surface area contributed by atoms with Gasteiger partial charge in [0, 0.05) is 12.6 Å². The molecule has 44 heavy (non-hydrogen) atoms. The normalized spacial score (nSPS) is 14.5. The highest BCUT2D eigenvalue weighted by Crippen LogP contribution is 2.27. The predicted octanol–water partition coefficient (Wildman–Crippen LogP) is 6.15. The summed E-state index contributed by atoms with van der Waals surface area (Å²) in [5.41, 5.74) is 3.20. The number of amides is 2. The van der Waals surface area contributed by atoms with Crippen molar-refractivity contribution in [2.24, 2.45) is 0 Å². The Morgan fingerprint density at radius 1 is 0.864 bits per heavy atom. The van der Waals surface area contributed by atoms with Crippen LogP contribution < -0.4 is 14.4 Å². The number of hydrogen-bond donors (Lipinski definition) is 1. The Kier molecular flexibility index (Phi) is 11.4. The van der Waals surface area contributed by atoms with Crippen molar-refractivity contribution in [3.8, 4) is 5.75 Å². The summed E-state index contributed by atoms with van der Waals surface area (Å²) in [4.78, 5) is 29.6. The fourth-order valence-corrected chi connectivity index (χ4v) is 7.01. The van der Waals surface area contributed by atoms with Crippen LogP contribution in [-0.4, -0.2) is 50.4 Å². The third-order valence-electron chi connectivity index (χ3n) is 8.13. The predicted molar refractivity (Wildman–Crippen MR) is 174 cm³/mol. The van der Waals surface area contributed by atoms with Crippen molar-refractivity contribution in [1.82, 2.24) is 10.2 Å². The van der Waals surface area contributed by atoms with E-state index in [2.05, 4.69) is 5.32 Å². The second kappa shape index (κ2) is 15.2. The Morgan fingerprint density at radius 3 is 2.02 bits per heavy atom. The summed E-state index contributed by atoms with van der Waals surface area (Å²) in [7, 11) is -4.13. The van der Waals surface area contributed by atoms with Gasteiger partial charge in [-0.3, -0.25) is 13.9 Å². The molecule has 1 atom stereocenters. The second-order valence-corrected chi connectivity index (χ2v) is 13.4. The number of sulfonamides is 1. The molecular weight excluding hydrogens is 574 g/mol. The van der Waals surface area contributed by atoms with E-state index in [1.165, 1.54) is 11.3 Å². The Balaban J connectivity index is 1.70. The maximum atomic E-state index is 14.3. The molecule has 0 spiro atoms. The highest BCUT2D eigenvalue weighted by molar-refractivity contribution is 7.92. The Morgan fingerprint density at radius 2 is 1.45 bits per heavy atom. The van der Waals surface area contributed by atoms with Crippen molar-refractivity contribution in [1.29, 1.82) is 0 Å². The van der Waals surface area contributed by atoms with Gasteiger partial charge in [0.25, 0.3) is 10.0 Å². The van der Waals surface area contributed by atoms with Crippen molar-refractivity contribution in [3.63, 3.8) is 0 Å². The van der Waals surface area contributed by atoms with Crippen molar-refractivity contribution < 1.29 is 22.7 Å². The largest absolute Gasteiger partial charge is 0.494 e. The smallest absolute Gasteiger partial charge is 0.264 e. The van der Waals surface area contributed by atoms with Gasteiger partial charge in [0.1, 0.15) is 18.3 Å². The topological polar surface area (TPSA) is 96.0 Å². The molecule has 9 heteroatoms. The first-order valence-electron chi connectivity index (χ1n) is 15.6. The lowest BCUT2D eigenvalue weighted by Gasteiger charge is -2.34. The maximum absolute atomic E-state index is 14.3. The number of nitrogens with one attached hydrogen (secondary N) is 1. The number of aryl methyl sites for hydroxylation is 2. The van der Waals surface area contributed by atoms with Crippen LogP contribution in [0.2, 0.25) is 0 Å². The molecule has 0 aromatic heterocycles. The van der Waals surface area contributed by atoms with Gasteiger partial charge >= 0.3 is 0 Å². The minimum atomic E-state index is -4.13. The quantitative estimate of drug-likeness (QED) is 0.248. The fourth-order valence-electron chi connectivity index (χ4n) is 5.60. The van der Waals surface area contributed by atoms with Crippen LogP contribution in [0, 0.1) is 13.8 Å². The number of rotatable bonds is 13. The Labute approximate surface area is 262 Å². The summed E-state index contributed by atoms with van der Waals surface area (Å²) in [6, 6.07) is 20.4. The summed E-state index contributed by atoms with van der Waals surface area (Å²) in [5.74, 6) is -0.0589. The first-order valence-corrected chi connectivity index (χ1v) is 17.0. The van der Waals surface area contributed by atoms with E-state index in [0.717, 1.165) is 46.7 Å². The van der Waals surface area contributed by atoms with Gasteiger partial charge in [0.2, 0.25) is 11.8 Å². The van der Waals surface area contributed by atoms with Gasteiger partial charge in [-0.2, -0.15) is 0 Å². The van der Waals surface area contributed by atoms with Gasteiger partial charge in [-0.1, -0.05) is 73.7 Å². The number of benzene rings is 3. The molecule has 4 rings (SSSR count). The second-order valence-electron chi connectivity index (χ2n) is 11.5. The Bertz CT molecular complexity index is 1480. The molecule has 236 valence electrons. The molecular formula is C35H45N3O5S. The SMILES string of the molecule is CCOc1ccc(N(CC(=O)N(Cc2ccc(C)cc2)C(CC)C(=O)NC2CCCCC2)S(=O)(=O)c2ccc(C)cc2)cc1. The molecule has 1 aliphatic carbocycles. The van der Waals surface area contributed by atoms with E-state index in [1.54, 1.807) is 48.5 Å². The van der Waals surface area contributed by atoms with Crippen LogP contribution in [-0.2, 0) is 26.2 Å². The average Bonchev–Trinajstić information content (AvgIpc) is 3.02. The summed E-state index contributed by atoms with van der Waals surface area (Å²) >= 11 is 0. The fraction of sp³-hybridized carbons (Fsp3) is 0.429. The van der Waals surface area contributed by atoms with Crippen LogP contribution in [0.4, 0.5) is 5.69 Å². The summed E-state index contributed by atoms with van der Waals surface area (Å²) in [6.07, 6.45) is 5.55. The Hall–Kier alpha value is -3.85. The van der Waals surface area contributed by atoms with E-state index < -0.39 is 28.5 Å². The van der Waals surface area contributed by atoms with Crippen LogP contribution in [0.1, 0.15) is 69.1 Å². The standard InChI is InChI=1S/C35H45N3O5S/c1-5-33(35(40)36-29-10-8-7-9-11-29)37(24-28-16-12-26(3)13-17-28)34(39)25-38(30-18-20-31(21-19-30)43-6-2)44(41,42)32-22-14-27(4)15-23-32/h12-23,29,33H,5-11,24-25H2,1-4H3,(H,36,40). The molecule has 2 amide bonds. The molecule has 3 aromatic carbocycles. The van der Waals surface area contributed by atoms with Crippen molar-refractivity contribution in [2.75, 3.05) is 17.5 Å².